The first-order valence-electron chi connectivity index (χ1n) is 7.91. The third-order valence-corrected chi connectivity index (χ3v) is 4.61. The normalized spacial score (nSPS) is 17.8. The highest BCUT2D eigenvalue weighted by Crippen LogP contribution is 2.27. The van der Waals surface area contributed by atoms with E-state index in [1.807, 2.05) is 17.9 Å². The SMILES string of the molecule is Cc1cc(COc2ccc(C(=O)N3CCNC[C@H]3C)cc2Br)on1. The number of halogens is 1. The summed E-state index contributed by atoms with van der Waals surface area (Å²) in [5.41, 5.74) is 1.47. The van der Waals surface area contributed by atoms with Crippen molar-refractivity contribution in [1.82, 2.24) is 15.4 Å². The summed E-state index contributed by atoms with van der Waals surface area (Å²) >= 11 is 3.48. The van der Waals surface area contributed by atoms with Gasteiger partial charge in [-0.05, 0) is 48.0 Å². The molecule has 1 fully saturated rings. The van der Waals surface area contributed by atoms with Crippen LogP contribution in [0.5, 0.6) is 5.75 Å². The van der Waals surface area contributed by atoms with Crippen molar-refractivity contribution in [3.63, 3.8) is 0 Å². The van der Waals surface area contributed by atoms with Crippen molar-refractivity contribution < 1.29 is 14.1 Å². The summed E-state index contributed by atoms with van der Waals surface area (Å²) in [5, 5.41) is 7.11. The van der Waals surface area contributed by atoms with E-state index in [0.717, 1.165) is 29.8 Å². The number of benzene rings is 1. The number of hydrogen-bond acceptors (Lipinski definition) is 5. The molecule has 2 heterocycles. The molecule has 128 valence electrons. The summed E-state index contributed by atoms with van der Waals surface area (Å²) in [7, 11) is 0. The van der Waals surface area contributed by atoms with Gasteiger partial charge in [-0.15, -0.1) is 0 Å². The zero-order valence-electron chi connectivity index (χ0n) is 13.7. The largest absolute Gasteiger partial charge is 0.484 e. The fourth-order valence-electron chi connectivity index (χ4n) is 2.69. The lowest BCUT2D eigenvalue weighted by atomic mass is 10.1. The number of rotatable bonds is 4. The van der Waals surface area contributed by atoms with E-state index < -0.39 is 0 Å². The minimum Gasteiger partial charge on any atom is -0.484 e. The van der Waals surface area contributed by atoms with E-state index in [1.165, 1.54) is 0 Å². The highest BCUT2D eigenvalue weighted by molar-refractivity contribution is 9.10. The van der Waals surface area contributed by atoms with Crippen LogP contribution in [0.1, 0.15) is 28.7 Å². The van der Waals surface area contributed by atoms with Crippen molar-refractivity contribution >= 4 is 21.8 Å². The van der Waals surface area contributed by atoms with E-state index in [1.54, 1.807) is 18.2 Å². The number of aryl methyl sites for hydroxylation is 1. The van der Waals surface area contributed by atoms with Gasteiger partial charge in [0.2, 0.25) is 0 Å². The van der Waals surface area contributed by atoms with E-state index in [-0.39, 0.29) is 11.9 Å². The predicted molar refractivity (Wildman–Crippen MR) is 93.1 cm³/mol. The fraction of sp³-hybridized carbons (Fsp3) is 0.412. The highest BCUT2D eigenvalue weighted by atomic mass is 79.9. The number of ether oxygens (including phenoxy) is 1. The summed E-state index contributed by atoms with van der Waals surface area (Å²) in [6.07, 6.45) is 0. The Balaban J connectivity index is 1.68. The third kappa shape index (κ3) is 3.79. The second-order valence-corrected chi connectivity index (χ2v) is 6.77. The van der Waals surface area contributed by atoms with Gasteiger partial charge in [0.15, 0.2) is 5.76 Å². The van der Waals surface area contributed by atoms with Crippen LogP contribution in [-0.2, 0) is 6.61 Å². The Morgan fingerprint density at radius 2 is 2.33 bits per heavy atom. The molecular weight excluding hydrogens is 374 g/mol. The molecule has 1 aliphatic heterocycles. The lowest BCUT2D eigenvalue weighted by Gasteiger charge is -2.34. The molecule has 0 unspecified atom stereocenters. The van der Waals surface area contributed by atoms with E-state index >= 15 is 0 Å². The standard InChI is InChI=1S/C17H20BrN3O3/c1-11-7-14(24-20-11)10-23-16-4-3-13(8-15(16)18)17(22)21-6-5-19-9-12(21)2/h3-4,7-8,12,19H,5-6,9-10H2,1-2H3/t12-/m1/s1. The number of hydrogen-bond donors (Lipinski definition) is 1. The monoisotopic (exact) mass is 393 g/mol. The number of carbonyl (C=O) groups excluding carboxylic acids is 1. The summed E-state index contributed by atoms with van der Waals surface area (Å²) in [4.78, 5) is 14.6. The average molecular weight is 394 g/mol. The Bertz CT molecular complexity index is 732. The molecule has 24 heavy (non-hydrogen) atoms. The quantitative estimate of drug-likeness (QED) is 0.864. The molecule has 1 aliphatic rings. The molecule has 7 heteroatoms. The highest BCUT2D eigenvalue weighted by Gasteiger charge is 2.24. The maximum Gasteiger partial charge on any atom is 0.254 e. The van der Waals surface area contributed by atoms with Gasteiger partial charge in [0.1, 0.15) is 12.4 Å². The van der Waals surface area contributed by atoms with Gasteiger partial charge in [0, 0.05) is 37.3 Å². The Morgan fingerprint density at radius 3 is 3.00 bits per heavy atom. The van der Waals surface area contributed by atoms with Crippen LogP contribution in [0.15, 0.2) is 33.3 Å². The molecule has 0 aliphatic carbocycles. The summed E-state index contributed by atoms with van der Waals surface area (Å²) in [6, 6.07) is 7.42. The van der Waals surface area contributed by atoms with Crippen LogP contribution in [0.2, 0.25) is 0 Å². The van der Waals surface area contributed by atoms with Crippen LogP contribution in [0.3, 0.4) is 0 Å². The Kier molecular flexibility index (Phi) is 5.20. The summed E-state index contributed by atoms with van der Waals surface area (Å²) in [6.45, 7) is 6.58. The number of aromatic nitrogens is 1. The molecule has 6 nitrogen and oxygen atoms in total. The Hall–Kier alpha value is -1.86. The first kappa shape index (κ1) is 17.0. The van der Waals surface area contributed by atoms with Crippen LogP contribution < -0.4 is 10.1 Å². The van der Waals surface area contributed by atoms with Gasteiger partial charge in [0.25, 0.3) is 5.91 Å². The van der Waals surface area contributed by atoms with Gasteiger partial charge in [-0.3, -0.25) is 4.79 Å². The van der Waals surface area contributed by atoms with Gasteiger partial charge in [0.05, 0.1) is 10.2 Å². The summed E-state index contributed by atoms with van der Waals surface area (Å²) < 4.78 is 11.6. The van der Waals surface area contributed by atoms with Crippen molar-refractivity contribution in [2.24, 2.45) is 0 Å². The molecule has 0 bridgehead atoms. The molecule has 1 amide bonds. The maximum absolute atomic E-state index is 12.7. The molecule has 1 atom stereocenters. The predicted octanol–water partition coefficient (Wildman–Crippen LogP) is 2.76. The number of carbonyl (C=O) groups is 1. The van der Waals surface area contributed by atoms with Crippen LogP contribution in [0, 0.1) is 6.92 Å². The van der Waals surface area contributed by atoms with Gasteiger partial charge < -0.3 is 19.5 Å². The topological polar surface area (TPSA) is 67.6 Å². The van der Waals surface area contributed by atoms with E-state index in [9.17, 15) is 4.79 Å². The van der Waals surface area contributed by atoms with E-state index in [0.29, 0.717) is 23.7 Å². The second kappa shape index (κ2) is 7.36. The Labute approximate surface area is 149 Å². The molecule has 1 aromatic heterocycles. The van der Waals surface area contributed by atoms with Gasteiger partial charge in [-0.1, -0.05) is 5.16 Å². The summed E-state index contributed by atoms with van der Waals surface area (Å²) in [5.74, 6) is 1.37. The molecule has 2 aromatic rings. The van der Waals surface area contributed by atoms with Crippen molar-refractivity contribution in [2.75, 3.05) is 19.6 Å². The average Bonchev–Trinajstić information content (AvgIpc) is 2.99. The number of piperazine rings is 1. The molecule has 0 saturated carbocycles. The molecule has 1 N–H and O–H groups in total. The van der Waals surface area contributed by atoms with Crippen LogP contribution >= 0.6 is 15.9 Å². The minimum atomic E-state index is 0.0436. The van der Waals surface area contributed by atoms with Crippen LogP contribution in [0.25, 0.3) is 0 Å². The zero-order valence-corrected chi connectivity index (χ0v) is 15.3. The number of nitrogens with zero attached hydrogens (tertiary/aromatic N) is 2. The number of amides is 1. The van der Waals surface area contributed by atoms with E-state index in [2.05, 4.69) is 33.3 Å². The number of nitrogens with one attached hydrogen (secondary N) is 1. The smallest absolute Gasteiger partial charge is 0.254 e. The molecule has 1 aromatic carbocycles. The van der Waals surface area contributed by atoms with E-state index in [4.69, 9.17) is 9.26 Å². The Morgan fingerprint density at radius 1 is 1.50 bits per heavy atom. The van der Waals surface area contributed by atoms with Crippen molar-refractivity contribution in [1.29, 1.82) is 0 Å². The van der Waals surface area contributed by atoms with Gasteiger partial charge in [-0.2, -0.15) is 0 Å². The van der Waals surface area contributed by atoms with Gasteiger partial charge in [-0.25, -0.2) is 0 Å². The van der Waals surface area contributed by atoms with Gasteiger partial charge >= 0.3 is 0 Å². The molecule has 0 radical (unpaired) electrons. The molecule has 0 spiro atoms. The maximum atomic E-state index is 12.7. The molecule has 1 saturated heterocycles. The second-order valence-electron chi connectivity index (χ2n) is 5.92. The van der Waals surface area contributed by atoms with Crippen molar-refractivity contribution in [3.05, 3.63) is 45.8 Å². The van der Waals surface area contributed by atoms with Crippen molar-refractivity contribution in [2.45, 2.75) is 26.5 Å². The minimum absolute atomic E-state index is 0.0436. The first-order valence-corrected chi connectivity index (χ1v) is 8.70. The molecule has 3 rings (SSSR count). The van der Waals surface area contributed by atoms with Crippen LogP contribution in [0.4, 0.5) is 0 Å². The third-order valence-electron chi connectivity index (χ3n) is 3.99. The first-order chi connectivity index (χ1) is 11.5. The molecular formula is C17H20BrN3O3. The fourth-order valence-corrected chi connectivity index (χ4v) is 3.19. The van der Waals surface area contributed by atoms with Crippen molar-refractivity contribution in [3.8, 4) is 5.75 Å². The zero-order chi connectivity index (χ0) is 17.1. The lowest BCUT2D eigenvalue weighted by molar-refractivity contribution is 0.0655. The lowest BCUT2D eigenvalue weighted by Crippen LogP contribution is -2.52. The van der Waals surface area contributed by atoms with Crippen LogP contribution in [-0.4, -0.2) is 41.6 Å².